The van der Waals surface area contributed by atoms with E-state index in [0.29, 0.717) is 36.3 Å². The van der Waals surface area contributed by atoms with Gasteiger partial charge in [0.25, 0.3) is 11.1 Å². The molecule has 1 aliphatic carbocycles. The monoisotopic (exact) mass is 494 g/mol. The lowest BCUT2D eigenvalue weighted by Crippen LogP contribution is -2.32. The molecule has 1 saturated carbocycles. The fourth-order valence-corrected chi connectivity index (χ4v) is 5.92. The number of halogens is 2. The number of aryl methyl sites for hydroxylation is 2. The van der Waals surface area contributed by atoms with Gasteiger partial charge in [0.1, 0.15) is 5.78 Å². The summed E-state index contributed by atoms with van der Waals surface area (Å²) in [5.74, 6) is -1.23. The number of aromatic nitrogens is 3. The van der Waals surface area contributed by atoms with Crippen LogP contribution < -0.4 is 4.74 Å². The summed E-state index contributed by atoms with van der Waals surface area (Å²) in [5, 5.41) is 4.71. The molecule has 1 aliphatic heterocycles. The van der Waals surface area contributed by atoms with Crippen molar-refractivity contribution in [2.45, 2.75) is 84.2 Å². The lowest BCUT2D eigenvalue weighted by Gasteiger charge is -2.31. The topological polar surface area (TPSA) is 60.2 Å². The Hall–Kier alpha value is -1.87. The number of Topliss-reactive ketones (excluding diaryl/α,β-unsaturated/α-hetero) is 1. The second-order valence-electron chi connectivity index (χ2n) is 10.1. The molecule has 2 aliphatic rings. The van der Waals surface area contributed by atoms with Gasteiger partial charge in [0.2, 0.25) is 0 Å². The van der Waals surface area contributed by atoms with Crippen molar-refractivity contribution in [2.75, 3.05) is 19.7 Å². The molecule has 3 heterocycles. The van der Waals surface area contributed by atoms with Gasteiger partial charge < -0.3 is 4.74 Å². The Morgan fingerprint density at radius 3 is 2.71 bits per heavy atom. The second kappa shape index (κ2) is 11.2. The first-order chi connectivity index (χ1) is 16.2. The Kier molecular flexibility index (Phi) is 8.34. The van der Waals surface area contributed by atoms with Gasteiger partial charge in [-0.3, -0.25) is 14.4 Å². The third-order valence-electron chi connectivity index (χ3n) is 6.97. The van der Waals surface area contributed by atoms with Crippen molar-refractivity contribution in [3.05, 3.63) is 28.5 Å². The Labute approximate surface area is 204 Å². The largest absolute Gasteiger partial charge is 0.464 e. The van der Waals surface area contributed by atoms with Gasteiger partial charge in [0.05, 0.1) is 11.4 Å². The van der Waals surface area contributed by atoms with Crippen LogP contribution in [0.1, 0.15) is 68.1 Å². The minimum absolute atomic E-state index is 0.356. The first kappa shape index (κ1) is 25.2. The maximum atomic E-state index is 13.0. The number of hydrogen-bond acceptors (Lipinski definition) is 6. The van der Waals surface area contributed by atoms with Crippen molar-refractivity contribution in [1.29, 1.82) is 0 Å². The van der Waals surface area contributed by atoms with Crippen molar-refractivity contribution < 1.29 is 18.3 Å². The van der Waals surface area contributed by atoms with E-state index in [1.807, 2.05) is 23.9 Å². The van der Waals surface area contributed by atoms with E-state index >= 15 is 0 Å². The minimum Gasteiger partial charge on any atom is -0.464 e. The zero-order chi connectivity index (χ0) is 24.1. The lowest BCUT2D eigenvalue weighted by molar-refractivity contribution is -0.120. The van der Waals surface area contributed by atoms with Crippen LogP contribution in [0.15, 0.2) is 12.3 Å². The molecule has 2 aromatic rings. The number of ether oxygens (including phenoxy) is 1. The van der Waals surface area contributed by atoms with E-state index < -0.39 is 12.5 Å². The molecule has 0 radical (unpaired) electrons. The summed E-state index contributed by atoms with van der Waals surface area (Å²) >= 11 is 1.41. The summed E-state index contributed by atoms with van der Waals surface area (Å²) < 4.78 is 33.1. The maximum absolute atomic E-state index is 13.0. The van der Waals surface area contributed by atoms with E-state index in [1.165, 1.54) is 35.5 Å². The predicted octanol–water partition coefficient (Wildman–Crippen LogP) is 5.29. The summed E-state index contributed by atoms with van der Waals surface area (Å²) in [6.45, 7) is 5.67. The molecule has 0 spiro atoms. The number of nitrogens with zero attached hydrogens (tertiary/aromatic N) is 4. The van der Waals surface area contributed by atoms with Gasteiger partial charge >= 0.3 is 0 Å². The molecule has 0 N–H and O–H groups in total. The summed E-state index contributed by atoms with van der Waals surface area (Å²) in [5.41, 5.74) is 1.97. The Morgan fingerprint density at radius 1 is 1.24 bits per heavy atom. The van der Waals surface area contributed by atoms with Crippen LogP contribution in [0.3, 0.4) is 0 Å². The van der Waals surface area contributed by atoms with Gasteiger partial charge in [-0.05, 0) is 57.1 Å². The summed E-state index contributed by atoms with van der Waals surface area (Å²) in [4.78, 5) is 20.4. The molecule has 0 saturated heterocycles. The van der Waals surface area contributed by atoms with Crippen LogP contribution in [-0.4, -0.2) is 51.1 Å². The van der Waals surface area contributed by atoms with Crippen LogP contribution in [0.4, 0.5) is 8.78 Å². The van der Waals surface area contributed by atoms with Crippen LogP contribution in [0, 0.1) is 18.8 Å². The molecule has 0 atom stereocenters. The standard InChI is InChI=1S/C25H36F2N4O2S/c1-18-7-13-31(29-18)14-9-21(32)15-20-5-3-19(4-6-20)8-11-30-12-10-23-22(16-30)28-24(34-23)33-17-25(2,26)27/h7,13,19-20H,3-6,8-12,14-17H2,1-2H3. The number of thiazole rings is 1. The molecular weight excluding hydrogens is 458 g/mol. The zero-order valence-corrected chi connectivity index (χ0v) is 21.1. The summed E-state index contributed by atoms with van der Waals surface area (Å²) in [6.07, 6.45) is 10.0. The molecule has 0 aromatic carbocycles. The summed E-state index contributed by atoms with van der Waals surface area (Å²) in [6, 6.07) is 1.97. The SMILES string of the molecule is Cc1ccn(CCC(=O)CC2CCC(CCN3CCc4sc(OCC(C)(F)F)nc4C3)CC2)n1. The van der Waals surface area contributed by atoms with E-state index in [9.17, 15) is 13.6 Å². The van der Waals surface area contributed by atoms with Crippen LogP contribution in [0.5, 0.6) is 5.19 Å². The van der Waals surface area contributed by atoms with Crippen LogP contribution in [-0.2, 0) is 24.3 Å². The van der Waals surface area contributed by atoms with Crippen molar-refractivity contribution in [2.24, 2.45) is 11.8 Å². The highest BCUT2D eigenvalue weighted by molar-refractivity contribution is 7.13. The van der Waals surface area contributed by atoms with E-state index in [-0.39, 0.29) is 0 Å². The number of carbonyl (C=O) groups is 1. The average Bonchev–Trinajstić information content (AvgIpc) is 3.40. The van der Waals surface area contributed by atoms with Crippen molar-refractivity contribution in [3.8, 4) is 5.19 Å². The molecule has 0 unspecified atom stereocenters. The number of carbonyl (C=O) groups excluding carboxylic acids is 1. The van der Waals surface area contributed by atoms with Crippen LogP contribution in [0.25, 0.3) is 0 Å². The zero-order valence-electron chi connectivity index (χ0n) is 20.3. The van der Waals surface area contributed by atoms with Crippen molar-refractivity contribution in [1.82, 2.24) is 19.7 Å². The first-order valence-electron chi connectivity index (χ1n) is 12.5. The third-order valence-corrected chi connectivity index (χ3v) is 8.04. The quantitative estimate of drug-likeness (QED) is 0.425. The number of ketones is 1. The van der Waals surface area contributed by atoms with Crippen LogP contribution >= 0.6 is 11.3 Å². The van der Waals surface area contributed by atoms with Crippen LogP contribution in [0.2, 0.25) is 0 Å². The van der Waals surface area contributed by atoms with Gasteiger partial charge in [-0.25, -0.2) is 13.8 Å². The second-order valence-corrected chi connectivity index (χ2v) is 11.2. The van der Waals surface area contributed by atoms with Crippen molar-refractivity contribution in [3.63, 3.8) is 0 Å². The fraction of sp³-hybridized carbons (Fsp3) is 0.720. The molecular formula is C25H36F2N4O2S. The van der Waals surface area contributed by atoms with Gasteiger partial charge in [0, 0.05) is 50.5 Å². The highest BCUT2D eigenvalue weighted by atomic mass is 32.1. The number of alkyl halides is 2. The molecule has 4 rings (SSSR count). The van der Waals surface area contributed by atoms with E-state index in [1.54, 1.807) is 0 Å². The van der Waals surface area contributed by atoms with Crippen molar-refractivity contribution >= 4 is 17.1 Å². The number of rotatable bonds is 11. The molecule has 9 heteroatoms. The molecule has 0 amide bonds. The highest BCUT2D eigenvalue weighted by Crippen LogP contribution is 2.34. The Morgan fingerprint density at radius 2 is 2.00 bits per heavy atom. The van der Waals surface area contributed by atoms with Gasteiger partial charge in [0.15, 0.2) is 6.61 Å². The van der Waals surface area contributed by atoms with E-state index in [4.69, 9.17) is 4.74 Å². The molecule has 0 bridgehead atoms. The first-order valence-corrected chi connectivity index (χ1v) is 13.3. The highest BCUT2D eigenvalue weighted by Gasteiger charge is 2.27. The third kappa shape index (κ3) is 7.57. The fourth-order valence-electron chi connectivity index (χ4n) is 5.01. The molecule has 2 aromatic heterocycles. The molecule has 1 fully saturated rings. The summed E-state index contributed by atoms with van der Waals surface area (Å²) in [7, 11) is 0. The number of fused-ring (bicyclic) bond motifs is 1. The van der Waals surface area contributed by atoms with Gasteiger partial charge in [-0.2, -0.15) is 5.10 Å². The maximum Gasteiger partial charge on any atom is 0.278 e. The Balaban J connectivity index is 1.12. The average molecular weight is 495 g/mol. The molecule has 34 heavy (non-hydrogen) atoms. The normalized spacial score (nSPS) is 21.4. The Bertz CT molecular complexity index is 947. The van der Waals surface area contributed by atoms with E-state index in [0.717, 1.165) is 63.1 Å². The molecule has 188 valence electrons. The predicted molar refractivity (Wildman–Crippen MR) is 128 cm³/mol. The van der Waals surface area contributed by atoms with Gasteiger partial charge in [-0.1, -0.05) is 24.2 Å². The number of hydrogen-bond donors (Lipinski definition) is 0. The van der Waals surface area contributed by atoms with E-state index in [2.05, 4.69) is 15.0 Å². The lowest BCUT2D eigenvalue weighted by atomic mass is 9.78. The van der Waals surface area contributed by atoms with Gasteiger partial charge in [-0.15, -0.1) is 0 Å². The molecule has 6 nitrogen and oxygen atoms in total. The minimum atomic E-state index is -2.84. The smallest absolute Gasteiger partial charge is 0.278 e.